The molecule has 0 aliphatic heterocycles. The van der Waals surface area contributed by atoms with E-state index in [4.69, 9.17) is 10.5 Å². The second-order valence-corrected chi connectivity index (χ2v) is 4.90. The van der Waals surface area contributed by atoms with Crippen molar-refractivity contribution in [3.05, 3.63) is 0 Å². The van der Waals surface area contributed by atoms with Crippen molar-refractivity contribution in [2.75, 3.05) is 13.2 Å². The van der Waals surface area contributed by atoms with Gasteiger partial charge in [-0.15, -0.1) is 0 Å². The maximum atomic E-state index is 5.97. The molecule has 0 spiro atoms. The number of rotatable bonds is 7. The van der Waals surface area contributed by atoms with Crippen molar-refractivity contribution in [2.24, 2.45) is 11.7 Å². The first-order chi connectivity index (χ1) is 7.13. The van der Waals surface area contributed by atoms with E-state index >= 15 is 0 Å². The van der Waals surface area contributed by atoms with Crippen LogP contribution in [-0.2, 0) is 4.74 Å². The molecule has 0 aromatic carbocycles. The van der Waals surface area contributed by atoms with Crippen LogP contribution in [0.25, 0.3) is 0 Å². The summed E-state index contributed by atoms with van der Waals surface area (Å²) in [7, 11) is 0. The Morgan fingerprint density at radius 1 is 1.40 bits per heavy atom. The van der Waals surface area contributed by atoms with Crippen molar-refractivity contribution < 1.29 is 4.74 Å². The predicted molar refractivity (Wildman–Crippen MR) is 63.9 cm³/mol. The molecule has 1 saturated carbocycles. The third-order valence-corrected chi connectivity index (χ3v) is 3.26. The highest BCUT2D eigenvalue weighted by Gasteiger charge is 2.28. The molecule has 1 rings (SSSR count). The smallest absolute Gasteiger partial charge is 0.0604 e. The number of ether oxygens (including phenoxy) is 1. The lowest BCUT2D eigenvalue weighted by atomic mass is 9.89. The van der Waals surface area contributed by atoms with Crippen molar-refractivity contribution in [1.82, 2.24) is 5.32 Å². The van der Waals surface area contributed by atoms with Gasteiger partial charge >= 0.3 is 0 Å². The van der Waals surface area contributed by atoms with E-state index in [0.717, 1.165) is 19.6 Å². The van der Waals surface area contributed by atoms with Crippen LogP contribution in [0.1, 0.15) is 40.0 Å². The fraction of sp³-hybridized carbons (Fsp3) is 1.00. The van der Waals surface area contributed by atoms with E-state index in [9.17, 15) is 0 Å². The third-order valence-electron chi connectivity index (χ3n) is 3.26. The molecule has 0 heterocycles. The zero-order valence-electron chi connectivity index (χ0n) is 10.3. The van der Waals surface area contributed by atoms with Crippen molar-refractivity contribution in [3.8, 4) is 0 Å². The van der Waals surface area contributed by atoms with E-state index < -0.39 is 0 Å². The molecule has 0 bridgehead atoms. The fourth-order valence-corrected chi connectivity index (χ4v) is 1.89. The van der Waals surface area contributed by atoms with Gasteiger partial charge in [0.15, 0.2) is 0 Å². The second kappa shape index (κ2) is 6.46. The standard InChI is InChI=1S/C12H26N2O/c1-4-15-11-7-10(8-11)14-6-5-12(13)9(2)3/h9-12,14H,4-8,13H2,1-3H3. The van der Waals surface area contributed by atoms with Gasteiger partial charge in [-0.25, -0.2) is 0 Å². The van der Waals surface area contributed by atoms with Crippen LogP contribution in [0.3, 0.4) is 0 Å². The van der Waals surface area contributed by atoms with Crippen molar-refractivity contribution >= 4 is 0 Å². The van der Waals surface area contributed by atoms with Gasteiger partial charge in [0.2, 0.25) is 0 Å². The predicted octanol–water partition coefficient (Wildman–Crippen LogP) is 1.52. The number of nitrogens with one attached hydrogen (secondary N) is 1. The summed E-state index contributed by atoms with van der Waals surface area (Å²) in [5.41, 5.74) is 5.97. The zero-order chi connectivity index (χ0) is 11.3. The quantitative estimate of drug-likeness (QED) is 0.675. The number of hydrogen-bond donors (Lipinski definition) is 2. The van der Waals surface area contributed by atoms with Gasteiger partial charge in [-0.1, -0.05) is 13.8 Å². The highest BCUT2D eigenvalue weighted by molar-refractivity contribution is 4.86. The topological polar surface area (TPSA) is 47.3 Å². The molecule has 1 fully saturated rings. The molecule has 0 aromatic rings. The maximum absolute atomic E-state index is 5.97. The molecule has 1 aliphatic rings. The lowest BCUT2D eigenvalue weighted by Crippen LogP contribution is -2.46. The van der Waals surface area contributed by atoms with E-state index in [1.165, 1.54) is 12.8 Å². The van der Waals surface area contributed by atoms with Crippen LogP contribution in [0.4, 0.5) is 0 Å². The normalized spacial score (nSPS) is 27.8. The average Bonchev–Trinajstić information content (AvgIpc) is 2.13. The molecule has 3 nitrogen and oxygen atoms in total. The lowest BCUT2D eigenvalue weighted by Gasteiger charge is -2.35. The minimum Gasteiger partial charge on any atom is -0.378 e. The molecular weight excluding hydrogens is 188 g/mol. The first-order valence-electron chi connectivity index (χ1n) is 6.24. The first-order valence-corrected chi connectivity index (χ1v) is 6.24. The molecule has 0 amide bonds. The van der Waals surface area contributed by atoms with Crippen LogP contribution in [0.5, 0.6) is 0 Å². The molecule has 1 unspecified atom stereocenters. The van der Waals surface area contributed by atoms with Crippen LogP contribution in [0.15, 0.2) is 0 Å². The van der Waals surface area contributed by atoms with Gasteiger partial charge in [0.25, 0.3) is 0 Å². The molecule has 1 atom stereocenters. The fourth-order valence-electron chi connectivity index (χ4n) is 1.89. The number of hydrogen-bond acceptors (Lipinski definition) is 3. The largest absolute Gasteiger partial charge is 0.378 e. The molecule has 3 N–H and O–H groups in total. The van der Waals surface area contributed by atoms with Gasteiger partial charge < -0.3 is 15.8 Å². The highest BCUT2D eigenvalue weighted by atomic mass is 16.5. The summed E-state index contributed by atoms with van der Waals surface area (Å²) in [6, 6.07) is 1.00. The van der Waals surface area contributed by atoms with Crippen molar-refractivity contribution in [3.63, 3.8) is 0 Å². The van der Waals surface area contributed by atoms with Gasteiger partial charge in [0.05, 0.1) is 6.10 Å². The Bertz CT molecular complexity index is 167. The summed E-state index contributed by atoms with van der Waals surface area (Å²) in [4.78, 5) is 0. The summed E-state index contributed by atoms with van der Waals surface area (Å²) >= 11 is 0. The Kier molecular flexibility index (Phi) is 5.58. The molecule has 3 heteroatoms. The van der Waals surface area contributed by atoms with Crippen LogP contribution < -0.4 is 11.1 Å². The van der Waals surface area contributed by atoms with E-state index in [1.54, 1.807) is 0 Å². The van der Waals surface area contributed by atoms with Crippen LogP contribution in [0.2, 0.25) is 0 Å². The Hall–Kier alpha value is -0.120. The minimum absolute atomic E-state index is 0.334. The van der Waals surface area contributed by atoms with E-state index in [1.807, 2.05) is 0 Å². The molecule has 1 aliphatic carbocycles. The second-order valence-electron chi connectivity index (χ2n) is 4.90. The van der Waals surface area contributed by atoms with E-state index in [-0.39, 0.29) is 0 Å². The van der Waals surface area contributed by atoms with Gasteiger partial charge in [0.1, 0.15) is 0 Å². The van der Waals surface area contributed by atoms with Crippen LogP contribution in [-0.4, -0.2) is 31.3 Å². The monoisotopic (exact) mass is 214 g/mol. The molecule has 15 heavy (non-hydrogen) atoms. The van der Waals surface area contributed by atoms with Crippen molar-refractivity contribution in [2.45, 2.75) is 58.2 Å². The summed E-state index contributed by atoms with van der Waals surface area (Å²) in [6.45, 7) is 8.30. The summed E-state index contributed by atoms with van der Waals surface area (Å²) < 4.78 is 5.51. The molecular formula is C12H26N2O. The van der Waals surface area contributed by atoms with E-state index in [0.29, 0.717) is 24.1 Å². The molecule has 0 radical (unpaired) electrons. The Balaban J connectivity index is 1.94. The minimum atomic E-state index is 0.334. The lowest BCUT2D eigenvalue weighted by molar-refractivity contribution is -0.00986. The van der Waals surface area contributed by atoms with Gasteiger partial charge in [-0.2, -0.15) is 0 Å². The van der Waals surface area contributed by atoms with Gasteiger partial charge in [-0.05, 0) is 38.6 Å². The maximum Gasteiger partial charge on any atom is 0.0604 e. The van der Waals surface area contributed by atoms with Gasteiger partial charge in [0, 0.05) is 18.7 Å². The third kappa shape index (κ3) is 4.49. The summed E-state index contributed by atoms with van der Waals surface area (Å²) in [5, 5.41) is 3.53. The molecule has 0 aromatic heterocycles. The van der Waals surface area contributed by atoms with Gasteiger partial charge in [-0.3, -0.25) is 0 Å². The Morgan fingerprint density at radius 2 is 2.07 bits per heavy atom. The highest BCUT2D eigenvalue weighted by Crippen LogP contribution is 2.23. The summed E-state index contributed by atoms with van der Waals surface area (Å²) in [6.07, 6.45) is 3.93. The average molecular weight is 214 g/mol. The first kappa shape index (κ1) is 12.9. The van der Waals surface area contributed by atoms with Crippen LogP contribution >= 0.6 is 0 Å². The Morgan fingerprint density at radius 3 is 2.60 bits per heavy atom. The zero-order valence-corrected chi connectivity index (χ0v) is 10.3. The summed E-state index contributed by atoms with van der Waals surface area (Å²) in [5.74, 6) is 0.587. The number of nitrogens with two attached hydrogens (primary N) is 1. The van der Waals surface area contributed by atoms with Crippen molar-refractivity contribution in [1.29, 1.82) is 0 Å². The SMILES string of the molecule is CCOC1CC(NCCC(N)C(C)C)C1. The van der Waals surface area contributed by atoms with E-state index in [2.05, 4.69) is 26.1 Å². The molecule has 90 valence electrons. The Labute approximate surface area is 93.8 Å². The molecule has 0 saturated heterocycles. The van der Waals surface area contributed by atoms with Crippen LogP contribution in [0, 0.1) is 5.92 Å².